The second-order valence-electron chi connectivity index (χ2n) is 5.69. The molecule has 2 atom stereocenters. The van der Waals surface area contributed by atoms with Gasteiger partial charge in [0.05, 0.1) is 10.6 Å². The Balaban J connectivity index is 1.65. The number of nitrogens with one attached hydrogen (secondary N) is 1. The van der Waals surface area contributed by atoms with Crippen LogP contribution in [-0.4, -0.2) is 41.1 Å². The van der Waals surface area contributed by atoms with Crippen molar-refractivity contribution in [1.82, 2.24) is 10.2 Å². The molecule has 20 heavy (non-hydrogen) atoms. The van der Waals surface area contributed by atoms with Gasteiger partial charge in [-0.15, -0.1) is 0 Å². The van der Waals surface area contributed by atoms with E-state index < -0.39 is 0 Å². The van der Waals surface area contributed by atoms with Gasteiger partial charge >= 0.3 is 0 Å². The Bertz CT molecular complexity index is 521. The first-order chi connectivity index (χ1) is 9.63. The lowest BCUT2D eigenvalue weighted by molar-refractivity contribution is 0.0896. The third-order valence-electron chi connectivity index (χ3n) is 4.35. The van der Waals surface area contributed by atoms with Crippen LogP contribution in [0.15, 0.2) is 18.2 Å². The number of aromatic hydroxyl groups is 1. The zero-order valence-corrected chi connectivity index (χ0v) is 12.1. The van der Waals surface area contributed by atoms with Crippen LogP contribution in [0.25, 0.3) is 0 Å². The van der Waals surface area contributed by atoms with Crippen LogP contribution >= 0.6 is 11.6 Å². The van der Waals surface area contributed by atoms with Crippen LogP contribution in [0.4, 0.5) is 0 Å². The predicted octanol–water partition coefficient (Wildman–Crippen LogP) is 2.40. The maximum Gasteiger partial charge on any atom is 0.253 e. The second kappa shape index (κ2) is 5.62. The lowest BCUT2D eigenvalue weighted by Crippen LogP contribution is -2.47. The summed E-state index contributed by atoms with van der Waals surface area (Å²) in [6.07, 6.45) is 4.50. The van der Waals surface area contributed by atoms with Crippen molar-refractivity contribution in [3.8, 4) is 5.75 Å². The van der Waals surface area contributed by atoms with Gasteiger partial charge in [-0.1, -0.05) is 11.6 Å². The fourth-order valence-corrected chi connectivity index (χ4v) is 3.51. The Morgan fingerprint density at radius 1 is 1.35 bits per heavy atom. The average Bonchev–Trinajstić information content (AvgIpc) is 2.89. The summed E-state index contributed by atoms with van der Waals surface area (Å²) in [5.41, 5.74) is 0.348. The van der Waals surface area contributed by atoms with Crippen LogP contribution < -0.4 is 5.32 Å². The van der Waals surface area contributed by atoms with Gasteiger partial charge in [0.25, 0.3) is 5.91 Å². The number of benzene rings is 1. The van der Waals surface area contributed by atoms with Gasteiger partial charge in [0.2, 0.25) is 0 Å². The molecule has 0 radical (unpaired) electrons. The molecule has 0 saturated carbocycles. The smallest absolute Gasteiger partial charge is 0.253 e. The molecule has 2 fully saturated rings. The van der Waals surface area contributed by atoms with Crippen LogP contribution in [-0.2, 0) is 0 Å². The predicted molar refractivity (Wildman–Crippen MR) is 78.2 cm³/mol. The van der Waals surface area contributed by atoms with Crippen LogP contribution in [0.5, 0.6) is 5.75 Å². The Kier molecular flexibility index (Phi) is 3.85. The average molecular weight is 295 g/mol. The van der Waals surface area contributed by atoms with Gasteiger partial charge in [-0.25, -0.2) is 0 Å². The summed E-state index contributed by atoms with van der Waals surface area (Å²) in [6.45, 7) is 2.26. The molecule has 0 aliphatic carbocycles. The number of carbonyl (C=O) groups excluding carboxylic acids is 1. The van der Waals surface area contributed by atoms with Crippen molar-refractivity contribution in [2.24, 2.45) is 0 Å². The molecule has 2 aliphatic rings. The van der Waals surface area contributed by atoms with Crippen molar-refractivity contribution in [3.63, 3.8) is 0 Å². The molecule has 5 heteroatoms. The number of amides is 1. The Morgan fingerprint density at radius 2 is 2.20 bits per heavy atom. The number of fused-ring (bicyclic) bond motifs is 1. The monoisotopic (exact) mass is 294 g/mol. The molecule has 0 aromatic heterocycles. The van der Waals surface area contributed by atoms with Gasteiger partial charge in [0, 0.05) is 18.6 Å². The number of hydrogen-bond donors (Lipinski definition) is 2. The molecule has 3 rings (SSSR count). The minimum atomic E-state index is -0.192. The summed E-state index contributed by atoms with van der Waals surface area (Å²) in [5, 5.41) is 12.9. The lowest BCUT2D eigenvalue weighted by atomic mass is 9.97. The number of halogens is 1. The third-order valence-corrected chi connectivity index (χ3v) is 4.68. The number of rotatable bonds is 2. The minimum absolute atomic E-state index is 0.0603. The first-order valence-electron chi connectivity index (χ1n) is 7.17. The van der Waals surface area contributed by atoms with Crippen molar-refractivity contribution < 1.29 is 9.90 Å². The minimum Gasteiger partial charge on any atom is -0.508 e. The van der Waals surface area contributed by atoms with Gasteiger partial charge in [0.1, 0.15) is 5.75 Å². The Hall–Kier alpha value is -1.26. The van der Waals surface area contributed by atoms with Crippen molar-refractivity contribution in [3.05, 3.63) is 28.8 Å². The van der Waals surface area contributed by atoms with E-state index in [1.54, 1.807) is 6.07 Å². The van der Waals surface area contributed by atoms with Gasteiger partial charge in [0.15, 0.2) is 0 Å². The molecule has 2 aliphatic heterocycles. The van der Waals surface area contributed by atoms with Gasteiger partial charge in [-0.05, 0) is 50.4 Å². The van der Waals surface area contributed by atoms with Crippen molar-refractivity contribution >= 4 is 17.5 Å². The highest BCUT2D eigenvalue weighted by Crippen LogP contribution is 2.27. The van der Waals surface area contributed by atoms with Gasteiger partial charge < -0.3 is 15.3 Å². The molecule has 0 spiro atoms. The van der Waals surface area contributed by atoms with E-state index in [-0.39, 0.29) is 17.7 Å². The molecule has 4 nitrogen and oxygen atoms in total. The molecule has 2 saturated heterocycles. The topological polar surface area (TPSA) is 52.6 Å². The zero-order valence-electron chi connectivity index (χ0n) is 11.3. The molecule has 1 aromatic rings. The maximum atomic E-state index is 12.3. The van der Waals surface area contributed by atoms with E-state index in [2.05, 4.69) is 10.2 Å². The molecule has 2 heterocycles. The summed E-state index contributed by atoms with van der Waals surface area (Å²) in [5.74, 6) is -0.132. The maximum absolute atomic E-state index is 12.3. The number of piperidine rings is 1. The van der Waals surface area contributed by atoms with Crippen LogP contribution in [0.2, 0.25) is 5.02 Å². The molecule has 2 N–H and O–H groups in total. The summed E-state index contributed by atoms with van der Waals surface area (Å²) >= 11 is 6.02. The molecule has 2 unspecified atom stereocenters. The standard InChI is InChI=1S/C15H19ClN2O2/c16-14-4-3-12(19)9-13(14)15(20)17-10-5-7-18-6-1-2-11(18)8-10/h3-4,9-11,19H,1-2,5-8H2,(H,17,20). The van der Waals surface area contributed by atoms with E-state index in [0.717, 1.165) is 19.4 Å². The number of phenolic OH excluding ortho intramolecular Hbond substituents is 1. The molecule has 1 aromatic carbocycles. The van der Waals surface area contributed by atoms with Crippen molar-refractivity contribution in [2.45, 2.75) is 37.8 Å². The van der Waals surface area contributed by atoms with Gasteiger partial charge in [-0.2, -0.15) is 0 Å². The number of carbonyl (C=O) groups is 1. The number of hydrogen-bond acceptors (Lipinski definition) is 3. The van der Waals surface area contributed by atoms with Crippen LogP contribution in [0.1, 0.15) is 36.0 Å². The number of nitrogens with zero attached hydrogens (tertiary/aromatic N) is 1. The Labute approximate surface area is 123 Å². The highest BCUT2D eigenvalue weighted by atomic mass is 35.5. The summed E-state index contributed by atoms with van der Waals surface area (Å²) in [6, 6.07) is 5.28. The zero-order chi connectivity index (χ0) is 14.1. The van der Waals surface area contributed by atoms with Crippen molar-refractivity contribution in [1.29, 1.82) is 0 Å². The summed E-state index contributed by atoms with van der Waals surface area (Å²) in [7, 11) is 0. The normalized spacial score (nSPS) is 26.2. The summed E-state index contributed by atoms with van der Waals surface area (Å²) in [4.78, 5) is 14.8. The lowest BCUT2D eigenvalue weighted by Gasteiger charge is -2.35. The molecule has 1 amide bonds. The van der Waals surface area contributed by atoms with E-state index in [0.29, 0.717) is 16.6 Å². The highest BCUT2D eigenvalue weighted by molar-refractivity contribution is 6.33. The molecular formula is C15H19ClN2O2. The molecular weight excluding hydrogens is 276 g/mol. The Morgan fingerprint density at radius 3 is 3.05 bits per heavy atom. The van der Waals surface area contributed by atoms with E-state index in [1.165, 1.54) is 31.5 Å². The molecule has 0 bridgehead atoms. The number of phenols is 1. The van der Waals surface area contributed by atoms with E-state index >= 15 is 0 Å². The quantitative estimate of drug-likeness (QED) is 0.881. The first-order valence-corrected chi connectivity index (χ1v) is 7.55. The van der Waals surface area contributed by atoms with Crippen LogP contribution in [0.3, 0.4) is 0 Å². The van der Waals surface area contributed by atoms with Gasteiger partial charge in [-0.3, -0.25) is 4.79 Å². The second-order valence-corrected chi connectivity index (χ2v) is 6.10. The van der Waals surface area contributed by atoms with E-state index in [4.69, 9.17) is 11.6 Å². The fourth-order valence-electron chi connectivity index (χ4n) is 3.31. The first kappa shape index (κ1) is 13.7. The largest absolute Gasteiger partial charge is 0.508 e. The third kappa shape index (κ3) is 2.76. The molecule has 108 valence electrons. The van der Waals surface area contributed by atoms with E-state index in [9.17, 15) is 9.90 Å². The fraction of sp³-hybridized carbons (Fsp3) is 0.533. The summed E-state index contributed by atoms with van der Waals surface area (Å²) < 4.78 is 0. The van der Waals surface area contributed by atoms with Crippen molar-refractivity contribution in [2.75, 3.05) is 13.1 Å². The van der Waals surface area contributed by atoms with E-state index in [1.807, 2.05) is 0 Å². The SMILES string of the molecule is O=C(NC1CCN2CCCC2C1)c1cc(O)ccc1Cl. The van der Waals surface area contributed by atoms with Crippen LogP contribution in [0, 0.1) is 0 Å². The highest BCUT2D eigenvalue weighted by Gasteiger charge is 2.32.